The molecule has 0 aliphatic rings. The van der Waals surface area contributed by atoms with E-state index in [1.807, 2.05) is 55.8 Å². The van der Waals surface area contributed by atoms with E-state index in [9.17, 15) is 4.79 Å². The molecule has 0 aliphatic heterocycles. The van der Waals surface area contributed by atoms with Gasteiger partial charge in [-0.3, -0.25) is 14.2 Å². The van der Waals surface area contributed by atoms with Crippen LogP contribution in [0.1, 0.15) is 34.4 Å². The van der Waals surface area contributed by atoms with Crippen LogP contribution >= 0.6 is 11.6 Å². The van der Waals surface area contributed by atoms with E-state index in [2.05, 4.69) is 15.5 Å². The molecule has 0 saturated carbocycles. The van der Waals surface area contributed by atoms with Crippen LogP contribution in [0.25, 0.3) is 0 Å². The highest BCUT2D eigenvalue weighted by atomic mass is 35.5. The molecule has 0 radical (unpaired) electrons. The molecule has 0 atom stereocenters. The minimum Gasteiger partial charge on any atom is -0.321 e. The summed E-state index contributed by atoms with van der Waals surface area (Å²) in [5.41, 5.74) is 4.16. The van der Waals surface area contributed by atoms with Crippen molar-refractivity contribution < 1.29 is 4.79 Å². The van der Waals surface area contributed by atoms with Gasteiger partial charge in [0.15, 0.2) is 5.69 Å². The van der Waals surface area contributed by atoms with Gasteiger partial charge < -0.3 is 5.32 Å². The second-order valence-electron chi connectivity index (χ2n) is 5.92. The number of amides is 1. The lowest BCUT2D eigenvalue weighted by molar-refractivity contribution is 0.102. The third-order valence-corrected chi connectivity index (χ3v) is 4.18. The molecule has 0 unspecified atom stereocenters. The molecule has 0 bridgehead atoms. The maximum absolute atomic E-state index is 12.3. The summed E-state index contributed by atoms with van der Waals surface area (Å²) in [6.45, 7) is 7.31. The molecule has 2 heterocycles. The van der Waals surface area contributed by atoms with E-state index in [0.29, 0.717) is 23.8 Å². The first kappa shape index (κ1) is 17.2. The first-order chi connectivity index (χ1) is 12.0. The summed E-state index contributed by atoms with van der Waals surface area (Å²) in [4.78, 5) is 12.3. The number of nitrogens with zero attached hydrogens (tertiary/aromatic N) is 4. The average molecular weight is 358 g/mol. The van der Waals surface area contributed by atoms with Crippen LogP contribution in [0.2, 0.25) is 5.02 Å². The second-order valence-corrected chi connectivity index (χ2v) is 6.32. The van der Waals surface area contributed by atoms with Gasteiger partial charge >= 0.3 is 0 Å². The quantitative estimate of drug-likeness (QED) is 0.757. The average Bonchev–Trinajstić information content (AvgIpc) is 3.11. The van der Waals surface area contributed by atoms with Crippen molar-refractivity contribution in [3.8, 4) is 0 Å². The first-order valence-electron chi connectivity index (χ1n) is 8.10. The van der Waals surface area contributed by atoms with Crippen molar-refractivity contribution in [2.45, 2.75) is 33.9 Å². The SMILES string of the molecule is CCn1cc(Cl)c(C(=O)Nc2ccc(Cn3nc(C)cc3C)cc2)n1. The number of carbonyl (C=O) groups excluding carboxylic acids is 1. The molecule has 2 aromatic heterocycles. The van der Waals surface area contributed by atoms with Gasteiger partial charge in [0.2, 0.25) is 0 Å². The Morgan fingerprint density at radius 1 is 1.20 bits per heavy atom. The highest BCUT2D eigenvalue weighted by molar-refractivity contribution is 6.34. The Labute approximate surface area is 151 Å². The zero-order valence-corrected chi connectivity index (χ0v) is 15.2. The molecule has 6 nitrogen and oxygen atoms in total. The smallest absolute Gasteiger partial charge is 0.277 e. The summed E-state index contributed by atoms with van der Waals surface area (Å²) in [7, 11) is 0. The van der Waals surface area contributed by atoms with Crippen molar-refractivity contribution in [2.75, 3.05) is 5.32 Å². The molecule has 3 rings (SSSR count). The molecule has 1 amide bonds. The van der Waals surface area contributed by atoms with E-state index < -0.39 is 0 Å². The number of hydrogen-bond acceptors (Lipinski definition) is 3. The molecule has 1 aromatic carbocycles. The standard InChI is InChI=1S/C18H20ClN5O/c1-4-23-11-16(19)17(22-23)18(25)20-15-7-5-14(6-8-15)10-24-13(3)9-12(2)21-24/h5-9,11H,4,10H2,1-3H3,(H,20,25). The fourth-order valence-electron chi connectivity index (χ4n) is 2.60. The molecule has 130 valence electrons. The van der Waals surface area contributed by atoms with Crippen molar-refractivity contribution in [1.82, 2.24) is 19.6 Å². The van der Waals surface area contributed by atoms with Gasteiger partial charge in [-0.2, -0.15) is 10.2 Å². The van der Waals surface area contributed by atoms with Crippen LogP contribution in [0.3, 0.4) is 0 Å². The van der Waals surface area contributed by atoms with Gasteiger partial charge in [-0.05, 0) is 44.5 Å². The van der Waals surface area contributed by atoms with Crippen molar-refractivity contribution >= 4 is 23.2 Å². The lowest BCUT2D eigenvalue weighted by atomic mass is 10.2. The summed E-state index contributed by atoms with van der Waals surface area (Å²) in [5, 5.41) is 11.8. The van der Waals surface area contributed by atoms with Crippen molar-refractivity contribution in [1.29, 1.82) is 0 Å². The molecule has 3 aromatic rings. The Morgan fingerprint density at radius 3 is 2.48 bits per heavy atom. The normalized spacial score (nSPS) is 10.9. The summed E-state index contributed by atoms with van der Waals surface area (Å²) >= 11 is 6.06. The van der Waals surface area contributed by atoms with Crippen LogP contribution in [-0.4, -0.2) is 25.5 Å². The van der Waals surface area contributed by atoms with E-state index >= 15 is 0 Å². The fourth-order valence-corrected chi connectivity index (χ4v) is 2.84. The second kappa shape index (κ2) is 7.11. The zero-order chi connectivity index (χ0) is 18.0. The van der Waals surface area contributed by atoms with Gasteiger partial charge in [-0.25, -0.2) is 0 Å². The minimum absolute atomic E-state index is 0.232. The monoisotopic (exact) mass is 357 g/mol. The third-order valence-electron chi connectivity index (χ3n) is 3.90. The number of aromatic nitrogens is 4. The topological polar surface area (TPSA) is 64.7 Å². The Kier molecular flexibility index (Phi) is 4.90. The summed E-state index contributed by atoms with van der Waals surface area (Å²) < 4.78 is 3.59. The highest BCUT2D eigenvalue weighted by Gasteiger charge is 2.15. The third kappa shape index (κ3) is 3.91. The van der Waals surface area contributed by atoms with Crippen molar-refractivity contribution in [3.05, 3.63) is 64.2 Å². The van der Waals surface area contributed by atoms with E-state index in [1.165, 1.54) is 0 Å². The molecule has 0 spiro atoms. The van der Waals surface area contributed by atoms with Crippen LogP contribution in [0.15, 0.2) is 36.5 Å². The Bertz CT molecular complexity index is 895. The first-order valence-corrected chi connectivity index (χ1v) is 8.48. The van der Waals surface area contributed by atoms with Gasteiger partial charge in [-0.15, -0.1) is 0 Å². The Balaban J connectivity index is 1.68. The predicted molar refractivity (Wildman–Crippen MR) is 98.1 cm³/mol. The molecule has 25 heavy (non-hydrogen) atoms. The van der Waals surface area contributed by atoms with Crippen LogP contribution in [0.4, 0.5) is 5.69 Å². The number of benzene rings is 1. The van der Waals surface area contributed by atoms with Crippen LogP contribution in [-0.2, 0) is 13.1 Å². The molecule has 0 saturated heterocycles. The van der Waals surface area contributed by atoms with Gasteiger partial charge in [0.25, 0.3) is 5.91 Å². The van der Waals surface area contributed by atoms with E-state index in [1.54, 1.807) is 10.9 Å². The van der Waals surface area contributed by atoms with Crippen LogP contribution < -0.4 is 5.32 Å². The maximum atomic E-state index is 12.3. The Hall–Kier alpha value is -2.60. The zero-order valence-electron chi connectivity index (χ0n) is 14.5. The molecule has 7 heteroatoms. The number of anilines is 1. The predicted octanol–water partition coefficient (Wildman–Crippen LogP) is 3.67. The van der Waals surface area contributed by atoms with Crippen molar-refractivity contribution in [2.24, 2.45) is 0 Å². The Morgan fingerprint density at radius 2 is 1.92 bits per heavy atom. The maximum Gasteiger partial charge on any atom is 0.277 e. The summed E-state index contributed by atoms with van der Waals surface area (Å²) in [6, 6.07) is 9.72. The van der Waals surface area contributed by atoms with Gasteiger partial charge in [0.1, 0.15) is 0 Å². The lowest BCUT2D eigenvalue weighted by Gasteiger charge is -2.07. The summed E-state index contributed by atoms with van der Waals surface area (Å²) in [6.07, 6.45) is 1.65. The number of nitrogens with one attached hydrogen (secondary N) is 1. The lowest BCUT2D eigenvalue weighted by Crippen LogP contribution is -2.14. The van der Waals surface area contributed by atoms with E-state index in [-0.39, 0.29) is 11.6 Å². The van der Waals surface area contributed by atoms with E-state index in [0.717, 1.165) is 17.0 Å². The minimum atomic E-state index is -0.316. The summed E-state index contributed by atoms with van der Waals surface area (Å²) in [5.74, 6) is -0.316. The van der Waals surface area contributed by atoms with Crippen LogP contribution in [0, 0.1) is 13.8 Å². The highest BCUT2D eigenvalue weighted by Crippen LogP contribution is 2.17. The largest absolute Gasteiger partial charge is 0.321 e. The number of carbonyl (C=O) groups is 1. The molecule has 1 N–H and O–H groups in total. The fraction of sp³-hybridized carbons (Fsp3) is 0.278. The van der Waals surface area contributed by atoms with Gasteiger partial charge in [0, 0.05) is 24.1 Å². The molecule has 0 aliphatic carbocycles. The van der Waals surface area contributed by atoms with Crippen molar-refractivity contribution in [3.63, 3.8) is 0 Å². The van der Waals surface area contributed by atoms with Crippen LogP contribution in [0.5, 0.6) is 0 Å². The molecule has 0 fully saturated rings. The molecular formula is C18H20ClN5O. The number of rotatable bonds is 5. The number of halogens is 1. The van der Waals surface area contributed by atoms with Gasteiger partial charge in [0.05, 0.1) is 17.3 Å². The number of aryl methyl sites for hydroxylation is 3. The molecular weight excluding hydrogens is 338 g/mol. The van der Waals surface area contributed by atoms with Gasteiger partial charge in [-0.1, -0.05) is 23.7 Å². The number of hydrogen-bond donors (Lipinski definition) is 1. The van der Waals surface area contributed by atoms with E-state index in [4.69, 9.17) is 11.6 Å².